The van der Waals surface area contributed by atoms with Gasteiger partial charge in [0, 0.05) is 38.2 Å². The molecule has 0 nitrogen and oxygen atoms in total. The van der Waals surface area contributed by atoms with Crippen LogP contribution in [0.4, 0.5) is 0 Å². The molecule has 0 atom stereocenters. The largest absolute Gasteiger partial charge is 0.147 e. The molecule has 42 valence electrons. The van der Waals surface area contributed by atoms with E-state index in [0.29, 0.717) is 0 Å². The summed E-state index contributed by atoms with van der Waals surface area (Å²) < 4.78 is 0. The van der Waals surface area contributed by atoms with Crippen molar-refractivity contribution in [3.63, 3.8) is 0 Å². The number of hydrogen-bond acceptors (Lipinski definition) is 0. The molecule has 0 aromatic carbocycles. The zero-order valence-corrected chi connectivity index (χ0v) is 7.24. The predicted octanol–water partition coefficient (Wildman–Crippen LogP) is 1.69. The Morgan fingerprint density at radius 3 is 0.400 bits per heavy atom. The maximum absolute atomic E-state index is 0. The van der Waals surface area contributed by atoms with E-state index in [1.54, 1.807) is 0 Å². The molecular formula is H4Cl4Dy. The first-order chi connectivity index (χ1) is 0. The van der Waals surface area contributed by atoms with Gasteiger partial charge in [0.1, 0.15) is 0 Å². The minimum Gasteiger partial charge on any atom is -0.147 e. The predicted molar refractivity (Wildman–Crippen MR) is 29.0 cm³/mol. The summed E-state index contributed by atoms with van der Waals surface area (Å²) in [7, 11) is 0. The monoisotopic (exact) mass is 308 g/mol. The van der Waals surface area contributed by atoms with Crippen LogP contribution in [0.15, 0.2) is 0 Å². The molecule has 0 unspecified atom stereocenters. The topological polar surface area (TPSA) is 0 Å². The van der Waals surface area contributed by atoms with Crippen molar-refractivity contribution in [3.8, 4) is 0 Å². The van der Waals surface area contributed by atoms with Crippen molar-refractivity contribution in [1.82, 2.24) is 0 Å². The third-order valence-electron chi connectivity index (χ3n) is 0. The van der Waals surface area contributed by atoms with Crippen molar-refractivity contribution in [1.29, 1.82) is 0 Å². The van der Waals surface area contributed by atoms with Crippen molar-refractivity contribution in [2.75, 3.05) is 0 Å². The quantitative estimate of drug-likeness (QED) is 0.639. The maximum atomic E-state index is 0. The molecule has 0 saturated heterocycles. The summed E-state index contributed by atoms with van der Waals surface area (Å²) in [6.07, 6.45) is 0. The molecule has 0 heterocycles. The van der Waals surface area contributed by atoms with Crippen LogP contribution in [-0.4, -0.2) is 0 Å². The number of rotatable bonds is 0. The van der Waals surface area contributed by atoms with Gasteiger partial charge in [-0.05, 0) is 0 Å². The number of halogens is 4. The van der Waals surface area contributed by atoms with Crippen LogP contribution in [0, 0.1) is 38.2 Å². The van der Waals surface area contributed by atoms with Gasteiger partial charge in [-0.1, -0.05) is 0 Å². The minimum absolute atomic E-state index is 0. The summed E-state index contributed by atoms with van der Waals surface area (Å²) in [5, 5.41) is 0. The normalized spacial score (nSPS) is 0. The third kappa shape index (κ3) is 21.4. The average Bonchev–Trinajstić information content (AvgIpc) is 0. The van der Waals surface area contributed by atoms with Gasteiger partial charge < -0.3 is 0 Å². The summed E-state index contributed by atoms with van der Waals surface area (Å²) in [5.74, 6) is 0. The molecular weight excluding hydrogens is 304 g/mol. The molecule has 0 rings (SSSR count). The molecule has 0 bridgehead atoms. The van der Waals surface area contributed by atoms with Gasteiger partial charge in [-0.15, -0.1) is 49.6 Å². The molecule has 0 aromatic rings. The van der Waals surface area contributed by atoms with Gasteiger partial charge in [0.15, 0.2) is 0 Å². The second kappa shape index (κ2) is 32.1. The molecule has 0 saturated carbocycles. The fourth-order valence-electron chi connectivity index (χ4n) is 0. The van der Waals surface area contributed by atoms with Crippen LogP contribution in [0.3, 0.4) is 0 Å². The summed E-state index contributed by atoms with van der Waals surface area (Å²) in [6.45, 7) is 0. The van der Waals surface area contributed by atoms with Gasteiger partial charge in [0.05, 0.1) is 0 Å². The second-order valence-corrected chi connectivity index (χ2v) is 0. The first kappa shape index (κ1) is 52.0. The molecule has 0 aliphatic rings. The Bertz CT molecular complexity index is 3.61. The molecule has 5 heteroatoms. The second-order valence-electron chi connectivity index (χ2n) is 0. The van der Waals surface area contributed by atoms with Crippen molar-refractivity contribution < 1.29 is 38.2 Å². The fraction of sp³-hybridized carbons (Fsp3) is 0. The van der Waals surface area contributed by atoms with E-state index in [-0.39, 0.29) is 87.8 Å². The SMILES string of the molecule is Cl.Cl.Cl.Cl.[Dy]. The van der Waals surface area contributed by atoms with Gasteiger partial charge in [0.2, 0.25) is 0 Å². The Hall–Kier alpha value is 2.43. The van der Waals surface area contributed by atoms with Gasteiger partial charge in [-0.3, -0.25) is 0 Å². The van der Waals surface area contributed by atoms with Crippen molar-refractivity contribution in [2.45, 2.75) is 0 Å². The fourth-order valence-corrected chi connectivity index (χ4v) is 0. The van der Waals surface area contributed by atoms with Crippen LogP contribution in [0.2, 0.25) is 0 Å². The van der Waals surface area contributed by atoms with E-state index in [4.69, 9.17) is 0 Å². The minimum atomic E-state index is 0. The van der Waals surface area contributed by atoms with Crippen molar-refractivity contribution in [3.05, 3.63) is 0 Å². The van der Waals surface area contributed by atoms with Crippen molar-refractivity contribution >= 4 is 49.6 Å². The van der Waals surface area contributed by atoms with E-state index in [9.17, 15) is 0 Å². The molecule has 0 aliphatic heterocycles. The van der Waals surface area contributed by atoms with E-state index in [1.807, 2.05) is 0 Å². The van der Waals surface area contributed by atoms with E-state index < -0.39 is 0 Å². The molecule has 0 radical (unpaired) electrons. The smallest absolute Gasteiger partial charge is 0 e. The van der Waals surface area contributed by atoms with Crippen LogP contribution in [0.5, 0.6) is 0 Å². The Morgan fingerprint density at radius 1 is 0.400 bits per heavy atom. The average molecular weight is 308 g/mol. The molecule has 0 aromatic heterocycles. The zero-order valence-electron chi connectivity index (χ0n) is 1.95. The summed E-state index contributed by atoms with van der Waals surface area (Å²) in [6, 6.07) is 0. The van der Waals surface area contributed by atoms with Crippen LogP contribution < -0.4 is 0 Å². The Morgan fingerprint density at radius 2 is 0.400 bits per heavy atom. The Balaban J connectivity index is 0. The van der Waals surface area contributed by atoms with Crippen LogP contribution >= 0.6 is 49.6 Å². The molecule has 0 spiro atoms. The van der Waals surface area contributed by atoms with E-state index in [0.717, 1.165) is 0 Å². The molecule has 0 fully saturated rings. The van der Waals surface area contributed by atoms with Gasteiger partial charge in [-0.2, -0.15) is 0 Å². The standard InChI is InChI=1S/4ClH.Dy/h4*1H;. The third-order valence-corrected chi connectivity index (χ3v) is 0. The van der Waals surface area contributed by atoms with E-state index in [1.165, 1.54) is 0 Å². The summed E-state index contributed by atoms with van der Waals surface area (Å²) in [5.41, 5.74) is 0. The maximum Gasteiger partial charge on any atom is 0 e. The number of hydrogen-bond donors (Lipinski definition) is 0. The molecule has 0 amide bonds. The zero-order chi connectivity index (χ0) is 0. The van der Waals surface area contributed by atoms with E-state index >= 15 is 0 Å². The van der Waals surface area contributed by atoms with Crippen LogP contribution in [-0.2, 0) is 0 Å². The molecule has 0 N–H and O–H groups in total. The van der Waals surface area contributed by atoms with Gasteiger partial charge >= 0.3 is 0 Å². The first-order valence-corrected chi connectivity index (χ1v) is 0. The van der Waals surface area contributed by atoms with Crippen LogP contribution in [0.1, 0.15) is 0 Å². The first-order valence-electron chi connectivity index (χ1n) is 0. The molecule has 5 heavy (non-hydrogen) atoms. The summed E-state index contributed by atoms with van der Waals surface area (Å²) in [4.78, 5) is 0. The Labute approximate surface area is 86.5 Å². The van der Waals surface area contributed by atoms with Crippen molar-refractivity contribution in [2.24, 2.45) is 0 Å². The molecule has 0 aliphatic carbocycles. The van der Waals surface area contributed by atoms with Gasteiger partial charge in [-0.25, -0.2) is 0 Å². The van der Waals surface area contributed by atoms with E-state index in [2.05, 4.69) is 0 Å². The Kier molecular flexibility index (Phi) is 333. The van der Waals surface area contributed by atoms with Crippen LogP contribution in [0.25, 0.3) is 0 Å². The summed E-state index contributed by atoms with van der Waals surface area (Å²) >= 11 is 0. The van der Waals surface area contributed by atoms with Gasteiger partial charge in [0.25, 0.3) is 0 Å².